The summed E-state index contributed by atoms with van der Waals surface area (Å²) in [6.45, 7) is 2.14. The number of aromatic nitrogens is 4. The van der Waals surface area contributed by atoms with E-state index in [0.717, 1.165) is 17.4 Å². The third-order valence-corrected chi connectivity index (χ3v) is 6.88. The molecule has 2 aromatic heterocycles. The standard InChI is InChI=1S/C19H21N5/c1-9-12(7-20-23-9)19-17-11-3-2-10(6-11)16(17)18-13-8-21-24-14(13)4-5-15(18)22-19/h4-5,7-8,10-11,16-17,19,22H,2-3,6H2,1H3,(H,20,23)(H,21,24)/t10-,11+,16+,17-,19+/m1/s1. The van der Waals surface area contributed by atoms with Crippen LogP contribution >= 0.6 is 0 Å². The predicted octanol–water partition coefficient (Wildman–Crippen LogP) is 3.89. The van der Waals surface area contributed by atoms with Gasteiger partial charge in [0.2, 0.25) is 0 Å². The number of hydrogen-bond donors (Lipinski definition) is 3. The van der Waals surface area contributed by atoms with E-state index in [1.807, 2.05) is 12.4 Å². The van der Waals surface area contributed by atoms with Crippen molar-refractivity contribution >= 4 is 16.6 Å². The monoisotopic (exact) mass is 319 g/mol. The Kier molecular flexibility index (Phi) is 2.39. The molecule has 0 spiro atoms. The normalized spacial score (nSPS) is 33.5. The average molecular weight is 319 g/mol. The van der Waals surface area contributed by atoms with E-state index in [2.05, 4.69) is 44.8 Å². The van der Waals surface area contributed by atoms with Gasteiger partial charge in [-0.3, -0.25) is 10.2 Å². The van der Waals surface area contributed by atoms with Crippen LogP contribution in [0, 0.1) is 24.7 Å². The number of nitrogens with zero attached hydrogens (tertiary/aromatic N) is 2. The van der Waals surface area contributed by atoms with Crippen LogP contribution in [0.1, 0.15) is 48.0 Å². The second kappa shape index (κ2) is 4.41. The van der Waals surface area contributed by atoms with Gasteiger partial charge in [-0.15, -0.1) is 0 Å². The summed E-state index contributed by atoms with van der Waals surface area (Å²) >= 11 is 0. The molecule has 5 atom stereocenters. The molecule has 3 aliphatic rings. The van der Waals surface area contributed by atoms with Crippen molar-refractivity contribution in [2.24, 2.45) is 17.8 Å². The topological polar surface area (TPSA) is 69.4 Å². The number of H-pyrrole nitrogens is 2. The van der Waals surface area contributed by atoms with Gasteiger partial charge in [0.25, 0.3) is 0 Å². The van der Waals surface area contributed by atoms with Crippen LogP contribution in [0.15, 0.2) is 24.5 Å². The number of benzene rings is 1. The minimum Gasteiger partial charge on any atom is -0.378 e. The molecule has 5 heteroatoms. The Hall–Kier alpha value is -2.30. The van der Waals surface area contributed by atoms with Crippen LogP contribution in [-0.2, 0) is 0 Å². The molecule has 3 aromatic rings. The van der Waals surface area contributed by atoms with E-state index in [-0.39, 0.29) is 0 Å². The fraction of sp³-hybridized carbons (Fsp3) is 0.474. The van der Waals surface area contributed by atoms with E-state index >= 15 is 0 Å². The Morgan fingerprint density at radius 3 is 2.79 bits per heavy atom. The molecule has 1 aromatic carbocycles. The number of anilines is 1. The highest BCUT2D eigenvalue weighted by Gasteiger charge is 2.54. The van der Waals surface area contributed by atoms with Crippen molar-refractivity contribution in [2.45, 2.75) is 38.1 Å². The molecule has 5 nitrogen and oxygen atoms in total. The highest BCUT2D eigenvalue weighted by molar-refractivity contribution is 5.88. The van der Waals surface area contributed by atoms with Crippen molar-refractivity contribution in [3.8, 4) is 0 Å². The first kappa shape index (κ1) is 13.0. The lowest BCUT2D eigenvalue weighted by atomic mass is 9.67. The fourth-order valence-corrected chi connectivity index (χ4v) is 5.99. The first-order valence-electron chi connectivity index (χ1n) is 9.03. The summed E-state index contributed by atoms with van der Waals surface area (Å²) in [5.74, 6) is 2.99. The van der Waals surface area contributed by atoms with Gasteiger partial charge in [0.15, 0.2) is 0 Å². The highest BCUT2D eigenvalue weighted by Crippen LogP contribution is 2.64. The van der Waals surface area contributed by atoms with Crippen molar-refractivity contribution in [1.82, 2.24) is 20.4 Å². The van der Waals surface area contributed by atoms with Gasteiger partial charge in [0.1, 0.15) is 0 Å². The Bertz CT molecular complexity index is 938. The van der Waals surface area contributed by atoms with Gasteiger partial charge < -0.3 is 5.32 Å². The summed E-state index contributed by atoms with van der Waals surface area (Å²) in [4.78, 5) is 0. The Labute approximate surface area is 140 Å². The predicted molar refractivity (Wildman–Crippen MR) is 92.8 cm³/mol. The van der Waals surface area contributed by atoms with Crippen LogP contribution in [-0.4, -0.2) is 20.4 Å². The molecule has 0 amide bonds. The molecule has 24 heavy (non-hydrogen) atoms. The number of nitrogens with one attached hydrogen (secondary N) is 3. The molecular formula is C19H21N5. The van der Waals surface area contributed by atoms with Gasteiger partial charge in [0.05, 0.1) is 24.0 Å². The lowest BCUT2D eigenvalue weighted by Gasteiger charge is -2.43. The molecule has 6 rings (SSSR count). The van der Waals surface area contributed by atoms with Gasteiger partial charge in [-0.05, 0) is 67.6 Å². The molecule has 0 saturated heterocycles. The van der Waals surface area contributed by atoms with Gasteiger partial charge in [-0.25, -0.2) is 0 Å². The lowest BCUT2D eigenvalue weighted by molar-refractivity contribution is 0.248. The SMILES string of the molecule is Cc1[nH]ncc1[C@@H]1Nc2ccc3[nH]ncc3c2[C@H]2[C@@H]3CC[C@@H](C3)[C@H]21. The van der Waals surface area contributed by atoms with E-state index in [9.17, 15) is 0 Å². The minimum absolute atomic E-state index is 0.376. The molecule has 3 heterocycles. The lowest BCUT2D eigenvalue weighted by Crippen LogP contribution is -2.35. The number of aryl methyl sites for hydroxylation is 1. The van der Waals surface area contributed by atoms with E-state index in [1.54, 1.807) is 0 Å². The number of fused-ring (bicyclic) bond motifs is 9. The van der Waals surface area contributed by atoms with Crippen LogP contribution in [0.3, 0.4) is 0 Å². The van der Waals surface area contributed by atoms with Crippen molar-refractivity contribution < 1.29 is 0 Å². The highest BCUT2D eigenvalue weighted by atomic mass is 15.1. The summed E-state index contributed by atoms with van der Waals surface area (Å²) in [5, 5.41) is 20.1. The smallest absolute Gasteiger partial charge is 0.0654 e. The zero-order chi connectivity index (χ0) is 15.8. The molecule has 122 valence electrons. The number of aromatic amines is 2. The van der Waals surface area contributed by atoms with E-state index in [0.29, 0.717) is 17.9 Å². The Morgan fingerprint density at radius 1 is 1.04 bits per heavy atom. The maximum Gasteiger partial charge on any atom is 0.0654 e. The zero-order valence-electron chi connectivity index (χ0n) is 13.7. The Balaban J connectivity index is 1.59. The molecule has 0 unspecified atom stereocenters. The molecule has 2 fully saturated rings. The molecule has 3 N–H and O–H groups in total. The van der Waals surface area contributed by atoms with Crippen molar-refractivity contribution in [2.75, 3.05) is 5.32 Å². The summed E-state index contributed by atoms with van der Waals surface area (Å²) in [7, 11) is 0. The fourth-order valence-electron chi connectivity index (χ4n) is 5.99. The molecular weight excluding hydrogens is 298 g/mol. The van der Waals surface area contributed by atoms with Gasteiger partial charge in [-0.1, -0.05) is 0 Å². The number of rotatable bonds is 1. The van der Waals surface area contributed by atoms with Crippen molar-refractivity contribution in [3.63, 3.8) is 0 Å². The summed E-state index contributed by atoms with van der Waals surface area (Å²) in [5.41, 5.74) is 6.51. The maximum absolute atomic E-state index is 4.30. The van der Waals surface area contributed by atoms with Crippen LogP contribution in [0.4, 0.5) is 5.69 Å². The molecule has 2 bridgehead atoms. The molecule has 2 saturated carbocycles. The van der Waals surface area contributed by atoms with Crippen molar-refractivity contribution in [3.05, 3.63) is 41.3 Å². The van der Waals surface area contributed by atoms with E-state index < -0.39 is 0 Å². The van der Waals surface area contributed by atoms with Crippen LogP contribution in [0.2, 0.25) is 0 Å². The van der Waals surface area contributed by atoms with Gasteiger partial charge in [-0.2, -0.15) is 10.2 Å². The first-order valence-corrected chi connectivity index (χ1v) is 9.03. The van der Waals surface area contributed by atoms with Gasteiger partial charge in [0, 0.05) is 22.3 Å². The van der Waals surface area contributed by atoms with Crippen LogP contribution in [0.25, 0.3) is 10.9 Å². The first-order chi connectivity index (χ1) is 11.8. The summed E-state index contributed by atoms with van der Waals surface area (Å²) < 4.78 is 0. The summed E-state index contributed by atoms with van der Waals surface area (Å²) in [6.07, 6.45) is 8.20. The zero-order valence-corrected chi connectivity index (χ0v) is 13.7. The summed E-state index contributed by atoms with van der Waals surface area (Å²) in [6, 6.07) is 4.77. The van der Waals surface area contributed by atoms with E-state index in [1.165, 1.54) is 47.2 Å². The van der Waals surface area contributed by atoms with Crippen LogP contribution in [0.5, 0.6) is 0 Å². The molecule has 1 aliphatic heterocycles. The average Bonchev–Trinajstić information content (AvgIpc) is 3.37. The second-order valence-corrected chi connectivity index (χ2v) is 7.87. The largest absolute Gasteiger partial charge is 0.378 e. The minimum atomic E-state index is 0.376. The van der Waals surface area contributed by atoms with Crippen LogP contribution < -0.4 is 5.32 Å². The van der Waals surface area contributed by atoms with Crippen molar-refractivity contribution in [1.29, 1.82) is 0 Å². The molecule has 2 aliphatic carbocycles. The third-order valence-electron chi connectivity index (χ3n) is 6.88. The molecule has 0 radical (unpaired) electrons. The second-order valence-electron chi connectivity index (χ2n) is 7.87. The maximum atomic E-state index is 4.30. The number of hydrogen-bond acceptors (Lipinski definition) is 3. The van der Waals surface area contributed by atoms with E-state index in [4.69, 9.17) is 0 Å². The quantitative estimate of drug-likeness (QED) is 0.637. The third kappa shape index (κ3) is 1.50. The van der Waals surface area contributed by atoms with Gasteiger partial charge >= 0.3 is 0 Å². The Morgan fingerprint density at radius 2 is 1.92 bits per heavy atom.